The first-order chi connectivity index (χ1) is 19.2. The van der Waals surface area contributed by atoms with Crippen LogP contribution in [0, 0.1) is 23.1 Å². The van der Waals surface area contributed by atoms with Gasteiger partial charge in [0.25, 0.3) is 5.91 Å². The van der Waals surface area contributed by atoms with Crippen molar-refractivity contribution in [1.29, 1.82) is 0 Å². The minimum absolute atomic E-state index is 0.182. The summed E-state index contributed by atoms with van der Waals surface area (Å²) in [5.41, 5.74) is 2.41. The number of carbonyl (C=O) groups is 1. The lowest BCUT2D eigenvalue weighted by atomic mass is 9.53. The summed E-state index contributed by atoms with van der Waals surface area (Å²) in [6.45, 7) is 13.2. The lowest BCUT2D eigenvalue weighted by Gasteiger charge is -2.52. The number of ether oxygens (including phenoxy) is 1. The van der Waals surface area contributed by atoms with E-state index < -0.39 is 0 Å². The van der Waals surface area contributed by atoms with Crippen LogP contribution >= 0.6 is 0 Å². The van der Waals surface area contributed by atoms with Crippen LogP contribution in [0.4, 0.5) is 10.1 Å². The zero-order valence-corrected chi connectivity index (χ0v) is 24.7. The lowest BCUT2D eigenvalue weighted by molar-refractivity contribution is -0.0256. The second-order valence-electron chi connectivity index (χ2n) is 11.8. The molecular formula is C32H46FN5O2. The number of methoxy groups -OCH3 is 1. The molecule has 0 aromatic heterocycles. The van der Waals surface area contributed by atoms with Crippen LogP contribution in [0.25, 0.3) is 0 Å². The molecule has 40 heavy (non-hydrogen) atoms. The molecule has 2 aromatic carbocycles. The molecule has 3 unspecified atom stereocenters. The smallest absolute Gasteiger partial charge is 0.251 e. The van der Waals surface area contributed by atoms with Crippen LogP contribution < -0.4 is 20.7 Å². The minimum atomic E-state index is -0.332. The molecule has 0 radical (unpaired) electrons. The van der Waals surface area contributed by atoms with Gasteiger partial charge in [-0.25, -0.2) is 4.39 Å². The highest BCUT2D eigenvalue weighted by atomic mass is 19.1. The number of hydrogen-bond donors (Lipinski definition) is 3. The van der Waals surface area contributed by atoms with E-state index in [1.165, 1.54) is 26.0 Å². The molecule has 2 fully saturated rings. The van der Waals surface area contributed by atoms with Gasteiger partial charge in [0.15, 0.2) is 5.96 Å². The highest BCUT2D eigenvalue weighted by Gasteiger charge is 2.45. The number of halogens is 1. The topological polar surface area (TPSA) is 78.0 Å². The summed E-state index contributed by atoms with van der Waals surface area (Å²) >= 11 is 0. The Morgan fingerprint density at radius 2 is 1.98 bits per heavy atom. The van der Waals surface area contributed by atoms with Crippen LogP contribution in [0.5, 0.6) is 5.75 Å². The van der Waals surface area contributed by atoms with Crippen LogP contribution in [0.3, 0.4) is 0 Å². The maximum absolute atomic E-state index is 14.2. The summed E-state index contributed by atoms with van der Waals surface area (Å²) in [6, 6.07) is 12.6. The fourth-order valence-electron chi connectivity index (χ4n) is 6.08. The highest BCUT2D eigenvalue weighted by Crippen LogP contribution is 2.54. The molecule has 1 aliphatic carbocycles. The zero-order chi connectivity index (χ0) is 28.7. The number of amides is 1. The summed E-state index contributed by atoms with van der Waals surface area (Å²) in [6.07, 6.45) is 4.08. The van der Waals surface area contributed by atoms with Gasteiger partial charge in [-0.05, 0) is 79.3 Å². The Hall–Kier alpha value is -3.13. The second kappa shape index (κ2) is 13.5. The van der Waals surface area contributed by atoms with Crippen LogP contribution in [-0.2, 0) is 6.42 Å². The van der Waals surface area contributed by atoms with Crippen molar-refractivity contribution < 1.29 is 13.9 Å². The molecule has 1 aliphatic heterocycles. The first-order valence-electron chi connectivity index (χ1n) is 14.7. The molecule has 3 N–H and O–H groups in total. The van der Waals surface area contributed by atoms with Crippen molar-refractivity contribution in [2.45, 2.75) is 59.4 Å². The molecule has 4 rings (SSSR count). The van der Waals surface area contributed by atoms with Crippen molar-refractivity contribution >= 4 is 17.6 Å². The number of nitrogens with zero attached hydrogens (tertiary/aromatic N) is 2. The third-order valence-electron chi connectivity index (χ3n) is 8.92. The molecule has 3 atom stereocenters. The van der Waals surface area contributed by atoms with E-state index in [-0.39, 0.29) is 11.7 Å². The second-order valence-corrected chi connectivity index (χ2v) is 11.8. The summed E-state index contributed by atoms with van der Waals surface area (Å²) in [5.74, 6) is 2.42. The Kier molecular flexibility index (Phi) is 10.1. The standard InChI is InChI=1S/C32H46FN5O2/c1-6-25-19-26(32(25,3)4)14-16-36-31(38-18-17-34-22(2)21-38)37-27-10-7-24(8-11-27)30(39)35-15-13-23-9-12-28(40-5)20-29(23)33/h7-12,20,22,25-26,34H,6,13-19,21H2,1-5H3,(H,35,39)(H,36,37). The minimum Gasteiger partial charge on any atom is -0.497 e. The molecule has 218 valence electrons. The highest BCUT2D eigenvalue weighted by molar-refractivity contribution is 5.96. The van der Waals surface area contributed by atoms with E-state index in [0.29, 0.717) is 41.3 Å². The average Bonchev–Trinajstić information content (AvgIpc) is 2.94. The molecule has 2 aromatic rings. The van der Waals surface area contributed by atoms with Crippen molar-refractivity contribution in [2.75, 3.05) is 45.2 Å². The first kappa shape index (κ1) is 29.8. The van der Waals surface area contributed by atoms with Crippen molar-refractivity contribution in [3.8, 4) is 5.75 Å². The van der Waals surface area contributed by atoms with E-state index in [1.54, 1.807) is 12.1 Å². The van der Waals surface area contributed by atoms with E-state index in [2.05, 4.69) is 48.5 Å². The summed E-state index contributed by atoms with van der Waals surface area (Å²) in [4.78, 5) is 20.1. The van der Waals surface area contributed by atoms with Crippen molar-refractivity contribution in [3.63, 3.8) is 0 Å². The SMILES string of the molecule is CCC1CC(CCN=C(Nc2ccc(C(=O)NCCc3ccc(OC)cc3F)cc2)N2CCNC(C)C2)C1(C)C. The van der Waals surface area contributed by atoms with E-state index >= 15 is 0 Å². The molecule has 1 saturated heterocycles. The van der Waals surface area contributed by atoms with Crippen LogP contribution in [0.1, 0.15) is 62.9 Å². The normalized spacial score (nSPS) is 22.4. The van der Waals surface area contributed by atoms with Gasteiger partial charge in [-0.1, -0.05) is 33.3 Å². The summed E-state index contributed by atoms with van der Waals surface area (Å²) < 4.78 is 19.2. The molecule has 0 bridgehead atoms. The van der Waals surface area contributed by atoms with Crippen LogP contribution in [0.15, 0.2) is 47.5 Å². The largest absolute Gasteiger partial charge is 0.497 e. The number of piperazine rings is 1. The van der Waals surface area contributed by atoms with Gasteiger partial charge in [0.05, 0.1) is 7.11 Å². The Labute approximate surface area is 239 Å². The van der Waals surface area contributed by atoms with Gasteiger partial charge in [0, 0.05) is 56.1 Å². The number of guanidine groups is 1. The Bertz CT molecular complexity index is 1170. The van der Waals surface area contributed by atoms with Gasteiger partial charge in [-0.3, -0.25) is 9.79 Å². The third kappa shape index (κ3) is 7.33. The predicted octanol–water partition coefficient (Wildman–Crippen LogP) is 5.33. The van der Waals surface area contributed by atoms with Gasteiger partial charge >= 0.3 is 0 Å². The number of anilines is 1. The van der Waals surface area contributed by atoms with E-state index in [9.17, 15) is 9.18 Å². The molecule has 7 nitrogen and oxygen atoms in total. The van der Waals surface area contributed by atoms with E-state index in [4.69, 9.17) is 9.73 Å². The maximum Gasteiger partial charge on any atom is 0.251 e. The zero-order valence-electron chi connectivity index (χ0n) is 24.7. The fraction of sp³-hybridized carbons (Fsp3) is 0.562. The quantitative estimate of drug-likeness (QED) is 0.275. The number of nitrogens with one attached hydrogen (secondary N) is 3. The fourth-order valence-corrected chi connectivity index (χ4v) is 6.08. The average molecular weight is 552 g/mol. The number of hydrogen-bond acceptors (Lipinski definition) is 4. The van der Waals surface area contributed by atoms with E-state index in [0.717, 1.165) is 56.1 Å². The molecule has 8 heteroatoms. The predicted molar refractivity (Wildman–Crippen MR) is 161 cm³/mol. The van der Waals surface area contributed by atoms with Gasteiger partial charge in [-0.2, -0.15) is 0 Å². The van der Waals surface area contributed by atoms with Crippen LogP contribution in [-0.4, -0.2) is 62.6 Å². The van der Waals surface area contributed by atoms with Crippen molar-refractivity contribution in [3.05, 3.63) is 59.4 Å². The van der Waals surface area contributed by atoms with Gasteiger partial charge in [0.2, 0.25) is 0 Å². The molecule has 1 saturated carbocycles. The van der Waals surface area contributed by atoms with Crippen LogP contribution in [0.2, 0.25) is 0 Å². The number of benzene rings is 2. The van der Waals surface area contributed by atoms with Crippen molar-refractivity contribution in [2.24, 2.45) is 22.2 Å². The van der Waals surface area contributed by atoms with Gasteiger partial charge in [0.1, 0.15) is 11.6 Å². The Balaban J connectivity index is 1.33. The number of rotatable bonds is 10. The molecule has 2 aliphatic rings. The molecule has 1 amide bonds. The lowest BCUT2D eigenvalue weighted by Crippen LogP contribution is -2.53. The third-order valence-corrected chi connectivity index (χ3v) is 8.92. The summed E-state index contributed by atoms with van der Waals surface area (Å²) in [5, 5.41) is 9.92. The maximum atomic E-state index is 14.2. The Morgan fingerprint density at radius 1 is 1.20 bits per heavy atom. The summed E-state index contributed by atoms with van der Waals surface area (Å²) in [7, 11) is 1.51. The van der Waals surface area contributed by atoms with Gasteiger partial charge < -0.3 is 25.6 Å². The Morgan fingerprint density at radius 3 is 2.62 bits per heavy atom. The number of carbonyl (C=O) groups excluding carboxylic acids is 1. The van der Waals surface area contributed by atoms with E-state index in [1.807, 2.05) is 24.3 Å². The molecule has 0 spiro atoms. The molecular weight excluding hydrogens is 505 g/mol. The van der Waals surface area contributed by atoms with Crippen molar-refractivity contribution in [1.82, 2.24) is 15.5 Å². The number of aliphatic imine (C=N–C) groups is 1. The van der Waals surface area contributed by atoms with Gasteiger partial charge in [-0.15, -0.1) is 0 Å². The monoisotopic (exact) mass is 551 g/mol. The molecule has 1 heterocycles. The first-order valence-corrected chi connectivity index (χ1v) is 14.7.